The molecule has 0 fully saturated rings. The van der Waals surface area contributed by atoms with Gasteiger partial charge in [-0.25, -0.2) is 9.78 Å². The molecular weight excluding hydrogens is 260 g/mol. The van der Waals surface area contributed by atoms with Crippen LogP contribution in [0.2, 0.25) is 0 Å². The molecule has 0 saturated carbocycles. The van der Waals surface area contributed by atoms with Crippen molar-refractivity contribution < 1.29 is 4.74 Å². The van der Waals surface area contributed by atoms with Gasteiger partial charge < -0.3 is 4.74 Å². The van der Waals surface area contributed by atoms with Gasteiger partial charge in [-0.05, 0) is 13.3 Å². The molecule has 0 saturated heterocycles. The van der Waals surface area contributed by atoms with Gasteiger partial charge in [-0.2, -0.15) is 4.98 Å². The van der Waals surface area contributed by atoms with Gasteiger partial charge in [-0.3, -0.25) is 13.9 Å². The Bertz CT molecular complexity index is 761. The van der Waals surface area contributed by atoms with Gasteiger partial charge >= 0.3 is 5.69 Å². The molecule has 20 heavy (non-hydrogen) atoms. The van der Waals surface area contributed by atoms with E-state index in [1.807, 2.05) is 6.92 Å². The number of hydrogen-bond acceptors (Lipinski definition) is 5. The topological polar surface area (TPSA) is 79.0 Å². The van der Waals surface area contributed by atoms with Crippen molar-refractivity contribution in [3.05, 3.63) is 26.7 Å². The van der Waals surface area contributed by atoms with Crippen molar-refractivity contribution >= 4 is 11.0 Å². The Balaban J connectivity index is 2.95. The van der Waals surface area contributed by atoms with Crippen LogP contribution in [0.4, 0.5) is 0 Å². The second-order valence-electron chi connectivity index (χ2n) is 4.63. The van der Waals surface area contributed by atoms with E-state index >= 15 is 0 Å². The standard InChI is InChI=1S/C13H18N4O3/c1-5-6-7-17-10-9(12(18)16(3)13(17)19)14-8(2)15-11(10)20-4/h5-7H2,1-4H3. The molecular formula is C13H18N4O3. The summed E-state index contributed by atoms with van der Waals surface area (Å²) in [5.41, 5.74) is -0.213. The number of aryl methyl sites for hydroxylation is 2. The number of hydrogen-bond donors (Lipinski definition) is 0. The maximum absolute atomic E-state index is 12.3. The Labute approximate surface area is 115 Å². The van der Waals surface area contributed by atoms with Gasteiger partial charge in [0.1, 0.15) is 11.3 Å². The van der Waals surface area contributed by atoms with E-state index in [1.165, 1.54) is 18.7 Å². The van der Waals surface area contributed by atoms with Crippen molar-refractivity contribution in [1.82, 2.24) is 19.1 Å². The highest BCUT2D eigenvalue weighted by molar-refractivity contribution is 5.78. The fraction of sp³-hybridized carbons (Fsp3) is 0.538. The first-order valence-corrected chi connectivity index (χ1v) is 6.53. The summed E-state index contributed by atoms with van der Waals surface area (Å²) in [7, 11) is 2.92. The van der Waals surface area contributed by atoms with E-state index in [-0.39, 0.29) is 17.1 Å². The highest BCUT2D eigenvalue weighted by Gasteiger charge is 2.17. The van der Waals surface area contributed by atoms with E-state index in [2.05, 4.69) is 9.97 Å². The normalized spacial score (nSPS) is 11.0. The van der Waals surface area contributed by atoms with Gasteiger partial charge in [0.05, 0.1) is 7.11 Å². The minimum absolute atomic E-state index is 0.215. The van der Waals surface area contributed by atoms with Crippen LogP contribution < -0.4 is 16.0 Å². The number of aromatic nitrogens is 4. The van der Waals surface area contributed by atoms with Crippen LogP contribution in [0, 0.1) is 6.92 Å². The smallest absolute Gasteiger partial charge is 0.331 e. The lowest BCUT2D eigenvalue weighted by Crippen LogP contribution is -2.39. The molecule has 0 spiro atoms. The molecule has 0 amide bonds. The number of ether oxygens (including phenoxy) is 1. The van der Waals surface area contributed by atoms with Crippen molar-refractivity contribution in [2.75, 3.05) is 7.11 Å². The Kier molecular flexibility index (Phi) is 3.87. The molecule has 0 atom stereocenters. The summed E-state index contributed by atoms with van der Waals surface area (Å²) < 4.78 is 7.81. The number of unbranched alkanes of at least 4 members (excludes halogenated alkanes) is 1. The van der Waals surface area contributed by atoms with E-state index in [1.54, 1.807) is 6.92 Å². The molecule has 0 radical (unpaired) electrons. The summed E-state index contributed by atoms with van der Waals surface area (Å²) in [6, 6.07) is 0. The first-order valence-electron chi connectivity index (χ1n) is 6.53. The summed E-state index contributed by atoms with van der Waals surface area (Å²) >= 11 is 0. The number of nitrogens with zero attached hydrogens (tertiary/aromatic N) is 4. The zero-order valence-corrected chi connectivity index (χ0v) is 12.1. The second-order valence-corrected chi connectivity index (χ2v) is 4.63. The van der Waals surface area contributed by atoms with Gasteiger partial charge in [0.2, 0.25) is 5.88 Å². The van der Waals surface area contributed by atoms with Crippen molar-refractivity contribution in [1.29, 1.82) is 0 Å². The third-order valence-electron chi connectivity index (χ3n) is 3.19. The Hall–Kier alpha value is -2.18. The van der Waals surface area contributed by atoms with Gasteiger partial charge in [-0.1, -0.05) is 13.3 Å². The van der Waals surface area contributed by atoms with Crippen molar-refractivity contribution in [2.24, 2.45) is 7.05 Å². The molecule has 0 aliphatic heterocycles. The predicted molar refractivity (Wildman–Crippen MR) is 75.2 cm³/mol. The highest BCUT2D eigenvalue weighted by Crippen LogP contribution is 2.18. The quantitative estimate of drug-likeness (QED) is 0.818. The van der Waals surface area contributed by atoms with E-state index in [4.69, 9.17) is 4.74 Å². The SMILES string of the molecule is CCCCn1c(=O)n(C)c(=O)c2nc(C)nc(OC)c21. The van der Waals surface area contributed by atoms with E-state index in [0.717, 1.165) is 17.4 Å². The summed E-state index contributed by atoms with van der Waals surface area (Å²) in [6.07, 6.45) is 1.76. The lowest BCUT2D eigenvalue weighted by Gasteiger charge is -2.13. The molecule has 0 aromatic carbocycles. The van der Waals surface area contributed by atoms with Crippen LogP contribution in [0.15, 0.2) is 9.59 Å². The Morgan fingerprint density at radius 3 is 2.55 bits per heavy atom. The van der Waals surface area contributed by atoms with E-state index in [0.29, 0.717) is 17.9 Å². The van der Waals surface area contributed by atoms with E-state index in [9.17, 15) is 9.59 Å². The molecule has 2 aromatic rings. The lowest BCUT2D eigenvalue weighted by atomic mass is 10.3. The van der Waals surface area contributed by atoms with Gasteiger partial charge in [0.25, 0.3) is 5.56 Å². The van der Waals surface area contributed by atoms with Crippen molar-refractivity contribution in [2.45, 2.75) is 33.2 Å². The molecule has 2 heterocycles. The Morgan fingerprint density at radius 1 is 1.25 bits per heavy atom. The number of methoxy groups -OCH3 is 1. The summed E-state index contributed by atoms with van der Waals surface area (Å²) in [5, 5.41) is 0. The molecule has 0 aliphatic carbocycles. The predicted octanol–water partition coefficient (Wildman–Crippen LogP) is 0.607. The van der Waals surface area contributed by atoms with Gasteiger partial charge in [-0.15, -0.1) is 0 Å². The van der Waals surface area contributed by atoms with Crippen LogP contribution >= 0.6 is 0 Å². The molecule has 2 rings (SSSR count). The minimum atomic E-state index is -0.429. The summed E-state index contributed by atoms with van der Waals surface area (Å²) in [5.74, 6) is 0.700. The highest BCUT2D eigenvalue weighted by atomic mass is 16.5. The maximum Gasteiger partial charge on any atom is 0.331 e. The van der Waals surface area contributed by atoms with Crippen LogP contribution in [-0.4, -0.2) is 26.2 Å². The number of fused-ring (bicyclic) bond motifs is 1. The molecule has 2 aromatic heterocycles. The lowest BCUT2D eigenvalue weighted by molar-refractivity contribution is 0.397. The van der Waals surface area contributed by atoms with E-state index < -0.39 is 5.56 Å². The first kappa shape index (κ1) is 14.2. The third-order valence-corrected chi connectivity index (χ3v) is 3.19. The molecule has 108 valence electrons. The zero-order valence-electron chi connectivity index (χ0n) is 12.1. The molecule has 0 unspecified atom stereocenters. The summed E-state index contributed by atoms with van der Waals surface area (Å²) in [4.78, 5) is 32.8. The van der Waals surface area contributed by atoms with Gasteiger partial charge in [0.15, 0.2) is 5.52 Å². The van der Waals surface area contributed by atoms with Crippen molar-refractivity contribution in [3.8, 4) is 5.88 Å². The fourth-order valence-corrected chi connectivity index (χ4v) is 2.12. The zero-order chi connectivity index (χ0) is 14.9. The van der Waals surface area contributed by atoms with Crippen LogP contribution in [0.25, 0.3) is 11.0 Å². The van der Waals surface area contributed by atoms with Crippen LogP contribution in [0.3, 0.4) is 0 Å². The summed E-state index contributed by atoms with van der Waals surface area (Å²) in [6.45, 7) is 4.22. The molecule has 0 bridgehead atoms. The second kappa shape index (κ2) is 5.44. The molecule has 7 nitrogen and oxygen atoms in total. The Morgan fingerprint density at radius 2 is 1.95 bits per heavy atom. The fourth-order valence-electron chi connectivity index (χ4n) is 2.12. The van der Waals surface area contributed by atoms with Gasteiger partial charge in [0, 0.05) is 13.6 Å². The molecule has 0 aliphatic rings. The van der Waals surface area contributed by atoms with Crippen LogP contribution in [-0.2, 0) is 13.6 Å². The van der Waals surface area contributed by atoms with Crippen molar-refractivity contribution in [3.63, 3.8) is 0 Å². The van der Waals surface area contributed by atoms with Crippen LogP contribution in [0.5, 0.6) is 5.88 Å². The van der Waals surface area contributed by atoms with Crippen LogP contribution in [0.1, 0.15) is 25.6 Å². The third kappa shape index (κ3) is 2.19. The monoisotopic (exact) mass is 278 g/mol. The minimum Gasteiger partial charge on any atom is -0.479 e. The average Bonchev–Trinajstić information content (AvgIpc) is 2.44. The number of rotatable bonds is 4. The molecule has 0 N–H and O–H groups in total. The maximum atomic E-state index is 12.3. The first-order chi connectivity index (χ1) is 9.51. The molecule has 7 heteroatoms. The average molecular weight is 278 g/mol. The largest absolute Gasteiger partial charge is 0.479 e.